The summed E-state index contributed by atoms with van der Waals surface area (Å²) in [5.74, 6) is 0.437. The highest BCUT2D eigenvalue weighted by molar-refractivity contribution is 7.92. The number of phenolic OH excluding ortho intramolecular Hbond substituents is 1. The minimum atomic E-state index is -3.96. The number of nitrogens with zero attached hydrogens (tertiary/aromatic N) is 1. The lowest BCUT2D eigenvalue weighted by Crippen LogP contribution is -2.22. The highest BCUT2D eigenvalue weighted by Crippen LogP contribution is 2.30. The molecule has 0 saturated carbocycles. The Bertz CT molecular complexity index is 1000. The summed E-state index contributed by atoms with van der Waals surface area (Å²) in [6.45, 7) is 5.31. The van der Waals surface area contributed by atoms with Crippen LogP contribution in [0.3, 0.4) is 0 Å². The van der Waals surface area contributed by atoms with Gasteiger partial charge in [-0.1, -0.05) is 13.8 Å². The molecule has 0 unspecified atom stereocenters. The van der Waals surface area contributed by atoms with Crippen molar-refractivity contribution in [2.24, 2.45) is 11.1 Å². The number of rotatable bonds is 7. The first kappa shape index (κ1) is 23.9. The average Bonchev–Trinajstić information content (AvgIpc) is 2.99. The molecule has 3 N–H and O–H groups in total. The first-order valence-electron chi connectivity index (χ1n) is 7.78. The number of aromatic hydroxyl groups is 1. The smallest absolute Gasteiger partial charge is 0.247 e. The SMILES string of the molecule is CC(C)CN(C)Cc1cc(S(=O)(=O)c2csc(S(N)(=O)=O)c2)ccc1O.Cl. The fraction of sp³-hybridized carbons (Fsp3) is 0.375. The van der Waals surface area contributed by atoms with Crippen molar-refractivity contribution in [2.75, 3.05) is 13.6 Å². The van der Waals surface area contributed by atoms with Crippen LogP contribution in [0, 0.1) is 5.92 Å². The van der Waals surface area contributed by atoms with Gasteiger partial charge in [0.05, 0.1) is 9.79 Å². The molecule has 1 aromatic carbocycles. The van der Waals surface area contributed by atoms with E-state index in [1.807, 2.05) is 11.9 Å². The summed E-state index contributed by atoms with van der Waals surface area (Å²) < 4.78 is 48.1. The Kier molecular flexibility index (Phi) is 7.86. The quantitative estimate of drug-likeness (QED) is 0.663. The molecule has 27 heavy (non-hydrogen) atoms. The molecule has 0 aliphatic carbocycles. The van der Waals surface area contributed by atoms with Crippen LogP contribution in [-0.2, 0) is 26.4 Å². The Labute approximate surface area is 170 Å². The molecule has 2 rings (SSSR count). The number of nitrogens with two attached hydrogens (primary N) is 1. The maximum atomic E-state index is 12.8. The molecule has 0 bridgehead atoms. The average molecular weight is 455 g/mol. The molecule has 0 radical (unpaired) electrons. The Hall–Kier alpha value is -1.17. The minimum Gasteiger partial charge on any atom is -0.508 e. The van der Waals surface area contributed by atoms with Crippen molar-refractivity contribution in [3.05, 3.63) is 35.2 Å². The van der Waals surface area contributed by atoms with Crippen molar-refractivity contribution in [1.29, 1.82) is 0 Å². The largest absolute Gasteiger partial charge is 0.508 e. The zero-order chi connectivity index (χ0) is 19.7. The second-order valence-corrected chi connectivity index (χ2v) is 11.2. The van der Waals surface area contributed by atoms with Crippen LogP contribution in [-0.4, -0.2) is 40.4 Å². The van der Waals surface area contributed by atoms with Gasteiger partial charge >= 0.3 is 0 Å². The summed E-state index contributed by atoms with van der Waals surface area (Å²) in [5, 5.41) is 16.3. The number of halogens is 1. The van der Waals surface area contributed by atoms with Crippen LogP contribution in [0.15, 0.2) is 43.6 Å². The minimum absolute atomic E-state index is 0. The van der Waals surface area contributed by atoms with Crippen LogP contribution < -0.4 is 5.14 Å². The Morgan fingerprint density at radius 2 is 1.78 bits per heavy atom. The van der Waals surface area contributed by atoms with Gasteiger partial charge < -0.3 is 10.0 Å². The van der Waals surface area contributed by atoms with Crippen molar-refractivity contribution >= 4 is 43.6 Å². The number of hydrogen-bond acceptors (Lipinski definition) is 7. The number of thiophene rings is 1. The molecule has 2 aromatic rings. The van der Waals surface area contributed by atoms with Crippen molar-refractivity contribution in [1.82, 2.24) is 4.90 Å². The Morgan fingerprint density at radius 3 is 2.30 bits per heavy atom. The van der Waals surface area contributed by atoms with Gasteiger partial charge in [0.2, 0.25) is 19.9 Å². The predicted octanol–water partition coefficient (Wildman–Crippen LogP) is 2.44. The lowest BCUT2D eigenvalue weighted by molar-refractivity contribution is 0.284. The second-order valence-electron chi connectivity index (χ2n) is 6.53. The molecule has 1 heterocycles. The normalized spacial score (nSPS) is 12.4. The van der Waals surface area contributed by atoms with E-state index in [1.54, 1.807) is 0 Å². The van der Waals surface area contributed by atoms with E-state index < -0.39 is 19.9 Å². The van der Waals surface area contributed by atoms with Gasteiger partial charge in [-0.05, 0) is 37.2 Å². The van der Waals surface area contributed by atoms with Gasteiger partial charge in [0.25, 0.3) is 0 Å². The monoisotopic (exact) mass is 454 g/mol. The van der Waals surface area contributed by atoms with E-state index in [-0.39, 0.29) is 32.2 Å². The summed E-state index contributed by atoms with van der Waals surface area (Å²) in [4.78, 5) is 1.83. The molecular weight excluding hydrogens is 432 g/mol. The van der Waals surface area contributed by atoms with Crippen molar-refractivity contribution in [3.8, 4) is 5.75 Å². The van der Waals surface area contributed by atoms with Gasteiger partial charge in [0.15, 0.2) is 0 Å². The molecule has 0 fully saturated rings. The van der Waals surface area contributed by atoms with Gasteiger partial charge in [-0.3, -0.25) is 0 Å². The second kappa shape index (κ2) is 8.89. The van der Waals surface area contributed by atoms with E-state index in [1.165, 1.54) is 23.6 Å². The molecular formula is C16H23ClN2O5S3. The predicted molar refractivity (Wildman–Crippen MR) is 108 cm³/mol. The number of benzene rings is 1. The lowest BCUT2D eigenvalue weighted by Gasteiger charge is -2.20. The number of primary sulfonamides is 1. The molecule has 0 aliphatic rings. The topological polar surface area (TPSA) is 118 Å². The molecule has 0 aliphatic heterocycles. The van der Waals surface area contributed by atoms with Crippen LogP contribution in [0.25, 0.3) is 0 Å². The maximum absolute atomic E-state index is 12.8. The summed E-state index contributed by atoms with van der Waals surface area (Å²) >= 11 is 0.753. The highest BCUT2D eigenvalue weighted by atomic mass is 35.5. The van der Waals surface area contributed by atoms with E-state index in [0.29, 0.717) is 18.0 Å². The maximum Gasteiger partial charge on any atom is 0.247 e. The van der Waals surface area contributed by atoms with Crippen molar-refractivity contribution in [2.45, 2.75) is 34.4 Å². The van der Waals surface area contributed by atoms with Gasteiger partial charge in [0, 0.05) is 24.0 Å². The van der Waals surface area contributed by atoms with Gasteiger partial charge in [-0.15, -0.1) is 23.7 Å². The molecule has 0 saturated heterocycles. The van der Waals surface area contributed by atoms with Crippen LogP contribution >= 0.6 is 23.7 Å². The van der Waals surface area contributed by atoms with Crippen molar-refractivity contribution < 1.29 is 21.9 Å². The van der Waals surface area contributed by atoms with E-state index in [4.69, 9.17) is 5.14 Å². The van der Waals surface area contributed by atoms with Crippen LogP contribution in [0.5, 0.6) is 5.75 Å². The molecule has 0 atom stereocenters. The van der Waals surface area contributed by atoms with E-state index in [2.05, 4.69) is 13.8 Å². The summed E-state index contributed by atoms with van der Waals surface area (Å²) in [5.41, 5.74) is 0.483. The fourth-order valence-electron chi connectivity index (χ4n) is 2.56. The van der Waals surface area contributed by atoms with Gasteiger partial charge in [-0.2, -0.15) is 0 Å². The summed E-state index contributed by atoms with van der Waals surface area (Å²) in [6, 6.07) is 5.09. The first-order chi connectivity index (χ1) is 11.9. The lowest BCUT2D eigenvalue weighted by atomic mass is 10.1. The van der Waals surface area contributed by atoms with Gasteiger partial charge in [0.1, 0.15) is 9.96 Å². The number of phenols is 1. The zero-order valence-corrected chi connectivity index (χ0v) is 18.4. The molecule has 11 heteroatoms. The molecule has 0 spiro atoms. The highest BCUT2D eigenvalue weighted by Gasteiger charge is 2.23. The molecule has 0 amide bonds. The Morgan fingerprint density at radius 1 is 1.15 bits per heavy atom. The Balaban J connectivity index is 0.00000364. The van der Waals surface area contributed by atoms with Crippen LogP contribution in [0.1, 0.15) is 19.4 Å². The third-order valence-electron chi connectivity index (χ3n) is 3.62. The number of sulfonamides is 1. The third kappa shape index (κ3) is 5.90. The first-order valence-corrected chi connectivity index (χ1v) is 11.7. The van der Waals surface area contributed by atoms with E-state index in [0.717, 1.165) is 23.9 Å². The summed E-state index contributed by atoms with van der Waals surface area (Å²) in [6.07, 6.45) is 0. The van der Waals surface area contributed by atoms with Crippen LogP contribution in [0.4, 0.5) is 0 Å². The molecule has 152 valence electrons. The third-order valence-corrected chi connectivity index (χ3v) is 7.89. The van der Waals surface area contributed by atoms with E-state index in [9.17, 15) is 21.9 Å². The zero-order valence-electron chi connectivity index (χ0n) is 15.1. The number of hydrogen-bond donors (Lipinski definition) is 2. The van der Waals surface area contributed by atoms with Crippen molar-refractivity contribution in [3.63, 3.8) is 0 Å². The standard InChI is InChI=1S/C16H22N2O5S3.ClH/c1-11(2)8-18(3)9-12-6-13(4-5-15(12)19)25(20,21)14-7-16(24-10-14)26(17,22)23;/h4-7,10-11,19H,8-9H2,1-3H3,(H2,17,22,23);1H. The van der Waals surface area contributed by atoms with Crippen LogP contribution in [0.2, 0.25) is 0 Å². The number of sulfone groups is 1. The van der Waals surface area contributed by atoms with E-state index >= 15 is 0 Å². The van der Waals surface area contributed by atoms with Gasteiger partial charge in [-0.25, -0.2) is 22.0 Å². The molecule has 7 nitrogen and oxygen atoms in total. The molecule has 1 aromatic heterocycles. The fourth-order valence-corrected chi connectivity index (χ4v) is 5.92. The summed E-state index contributed by atoms with van der Waals surface area (Å²) in [7, 11) is -5.99.